The minimum absolute atomic E-state index is 0.191. The summed E-state index contributed by atoms with van der Waals surface area (Å²) >= 11 is 0. The van der Waals surface area contributed by atoms with Crippen molar-refractivity contribution in [2.24, 2.45) is 0 Å². The Morgan fingerprint density at radius 1 is 1.05 bits per heavy atom. The van der Waals surface area contributed by atoms with Gasteiger partial charge in [-0.3, -0.25) is 0 Å². The van der Waals surface area contributed by atoms with E-state index in [0.717, 1.165) is 25.1 Å². The zero-order valence-corrected chi connectivity index (χ0v) is 12.6. The summed E-state index contributed by atoms with van der Waals surface area (Å²) in [6, 6.07) is 19.2. The van der Waals surface area contributed by atoms with E-state index in [0.29, 0.717) is 0 Å². The molecule has 0 saturated carbocycles. The molecule has 0 amide bonds. The van der Waals surface area contributed by atoms with Crippen LogP contribution in [0, 0.1) is 0 Å². The normalized spacial score (nSPS) is 21.4. The van der Waals surface area contributed by atoms with Gasteiger partial charge in [-0.25, -0.2) is 0 Å². The number of aryl methyl sites for hydroxylation is 1. The Balaban J connectivity index is 1.88. The molecule has 2 heteroatoms. The van der Waals surface area contributed by atoms with Crippen molar-refractivity contribution in [1.29, 1.82) is 0 Å². The smallest absolute Gasteiger partial charge is 0.119 e. The highest BCUT2D eigenvalue weighted by molar-refractivity contribution is 5.33. The fourth-order valence-electron chi connectivity index (χ4n) is 3.19. The predicted molar refractivity (Wildman–Crippen MR) is 86.7 cm³/mol. The molecule has 2 aromatic carbocycles. The molecule has 0 bridgehead atoms. The third-order valence-corrected chi connectivity index (χ3v) is 4.15. The molecule has 1 aliphatic rings. The maximum absolute atomic E-state index is 6.29. The Bertz CT molecular complexity index is 567. The first-order valence-corrected chi connectivity index (χ1v) is 7.91. The number of ether oxygens (including phenoxy) is 1. The van der Waals surface area contributed by atoms with Crippen LogP contribution in [0.5, 0.6) is 5.75 Å². The van der Waals surface area contributed by atoms with Gasteiger partial charge < -0.3 is 10.1 Å². The van der Waals surface area contributed by atoms with Crippen molar-refractivity contribution in [3.63, 3.8) is 0 Å². The molecule has 1 aliphatic carbocycles. The monoisotopic (exact) mass is 281 g/mol. The number of nitrogens with one attached hydrogen (secondary N) is 1. The van der Waals surface area contributed by atoms with E-state index in [1.54, 1.807) is 0 Å². The fourth-order valence-corrected chi connectivity index (χ4v) is 3.19. The molecular weight excluding hydrogens is 258 g/mol. The maximum Gasteiger partial charge on any atom is 0.119 e. The van der Waals surface area contributed by atoms with Crippen LogP contribution in [0.3, 0.4) is 0 Å². The number of likely N-dealkylation sites (N-methyl/N-ethyl adjacent to an activating group) is 1. The highest BCUT2D eigenvalue weighted by Crippen LogP contribution is 2.31. The first-order chi connectivity index (χ1) is 10.4. The van der Waals surface area contributed by atoms with Crippen LogP contribution in [-0.2, 0) is 6.42 Å². The SMILES string of the molecule is CCNC1c2ccccc2CCCC1Oc1ccccc1. The number of para-hydroxylation sites is 1. The van der Waals surface area contributed by atoms with Crippen LogP contribution in [0.25, 0.3) is 0 Å². The molecule has 21 heavy (non-hydrogen) atoms. The lowest BCUT2D eigenvalue weighted by Crippen LogP contribution is -2.35. The lowest BCUT2D eigenvalue weighted by atomic mass is 9.97. The van der Waals surface area contributed by atoms with Gasteiger partial charge in [-0.15, -0.1) is 0 Å². The molecule has 2 aromatic rings. The van der Waals surface area contributed by atoms with Crippen molar-refractivity contribution < 1.29 is 4.74 Å². The Morgan fingerprint density at radius 2 is 1.81 bits per heavy atom. The van der Waals surface area contributed by atoms with E-state index in [1.807, 2.05) is 30.3 Å². The number of hydrogen-bond donors (Lipinski definition) is 1. The minimum Gasteiger partial charge on any atom is -0.488 e. The van der Waals surface area contributed by atoms with Crippen molar-refractivity contribution >= 4 is 0 Å². The van der Waals surface area contributed by atoms with Crippen LogP contribution in [0.4, 0.5) is 0 Å². The fraction of sp³-hybridized carbons (Fsp3) is 0.368. The van der Waals surface area contributed by atoms with Gasteiger partial charge in [0.15, 0.2) is 0 Å². The van der Waals surface area contributed by atoms with Crippen molar-refractivity contribution in [3.8, 4) is 5.75 Å². The zero-order valence-electron chi connectivity index (χ0n) is 12.6. The molecule has 2 unspecified atom stereocenters. The molecule has 0 radical (unpaired) electrons. The standard InChI is InChI=1S/C19H23NO/c1-2-20-19-17-13-7-6-9-15(17)10-8-14-18(19)21-16-11-4-3-5-12-16/h3-7,9,11-13,18-20H,2,8,10,14H2,1H3. The van der Waals surface area contributed by atoms with Gasteiger partial charge in [-0.2, -0.15) is 0 Å². The van der Waals surface area contributed by atoms with E-state index >= 15 is 0 Å². The second-order valence-electron chi connectivity index (χ2n) is 5.60. The lowest BCUT2D eigenvalue weighted by Gasteiger charge is -2.28. The molecule has 0 aliphatic heterocycles. The van der Waals surface area contributed by atoms with Crippen molar-refractivity contribution in [1.82, 2.24) is 5.32 Å². The Hall–Kier alpha value is -1.80. The largest absolute Gasteiger partial charge is 0.488 e. The van der Waals surface area contributed by atoms with Crippen LogP contribution < -0.4 is 10.1 Å². The Kier molecular flexibility index (Phi) is 4.56. The number of hydrogen-bond acceptors (Lipinski definition) is 2. The summed E-state index contributed by atoms with van der Waals surface area (Å²) in [6.07, 6.45) is 3.60. The highest BCUT2D eigenvalue weighted by atomic mass is 16.5. The van der Waals surface area contributed by atoms with Gasteiger partial charge in [-0.05, 0) is 49.1 Å². The van der Waals surface area contributed by atoms with E-state index in [4.69, 9.17) is 4.74 Å². The first kappa shape index (κ1) is 14.2. The van der Waals surface area contributed by atoms with Crippen molar-refractivity contribution in [2.75, 3.05) is 6.54 Å². The van der Waals surface area contributed by atoms with Gasteiger partial charge >= 0.3 is 0 Å². The van der Waals surface area contributed by atoms with E-state index in [9.17, 15) is 0 Å². The maximum atomic E-state index is 6.29. The average Bonchev–Trinajstić information content (AvgIpc) is 2.69. The number of rotatable bonds is 4. The van der Waals surface area contributed by atoms with Crippen molar-refractivity contribution in [3.05, 3.63) is 65.7 Å². The lowest BCUT2D eigenvalue weighted by molar-refractivity contribution is 0.145. The van der Waals surface area contributed by atoms with Gasteiger partial charge in [0.1, 0.15) is 11.9 Å². The summed E-state index contributed by atoms with van der Waals surface area (Å²) in [4.78, 5) is 0. The predicted octanol–water partition coefficient (Wildman–Crippen LogP) is 4.12. The van der Waals surface area contributed by atoms with E-state index < -0.39 is 0 Å². The quantitative estimate of drug-likeness (QED) is 0.851. The summed E-state index contributed by atoms with van der Waals surface area (Å²) < 4.78 is 6.29. The Morgan fingerprint density at radius 3 is 2.62 bits per heavy atom. The molecule has 2 nitrogen and oxygen atoms in total. The molecule has 1 N–H and O–H groups in total. The Labute approximate surface area is 127 Å². The molecule has 2 atom stereocenters. The molecular formula is C19H23NO. The first-order valence-electron chi connectivity index (χ1n) is 7.91. The van der Waals surface area contributed by atoms with Crippen LogP contribution in [0.1, 0.15) is 36.9 Å². The summed E-state index contributed by atoms with van der Waals surface area (Å²) in [5.41, 5.74) is 2.86. The molecule has 0 spiro atoms. The summed E-state index contributed by atoms with van der Waals surface area (Å²) in [5.74, 6) is 0.963. The molecule has 0 aromatic heterocycles. The molecule has 0 heterocycles. The van der Waals surface area contributed by atoms with Gasteiger partial charge in [0.2, 0.25) is 0 Å². The topological polar surface area (TPSA) is 21.3 Å². The van der Waals surface area contributed by atoms with Crippen LogP contribution in [0.2, 0.25) is 0 Å². The summed E-state index contributed by atoms with van der Waals surface area (Å²) in [5, 5.41) is 3.63. The molecule has 3 rings (SSSR count). The second-order valence-corrected chi connectivity index (χ2v) is 5.60. The number of fused-ring (bicyclic) bond motifs is 1. The van der Waals surface area contributed by atoms with Gasteiger partial charge in [0, 0.05) is 0 Å². The summed E-state index contributed by atoms with van der Waals surface area (Å²) in [7, 11) is 0. The molecule has 0 saturated heterocycles. The van der Waals surface area contributed by atoms with Crippen LogP contribution in [-0.4, -0.2) is 12.6 Å². The van der Waals surface area contributed by atoms with E-state index in [1.165, 1.54) is 17.5 Å². The third-order valence-electron chi connectivity index (χ3n) is 4.15. The molecule has 110 valence electrons. The highest BCUT2D eigenvalue weighted by Gasteiger charge is 2.28. The van der Waals surface area contributed by atoms with Gasteiger partial charge in [-0.1, -0.05) is 49.4 Å². The number of benzene rings is 2. The van der Waals surface area contributed by atoms with Gasteiger partial charge in [0.25, 0.3) is 0 Å². The van der Waals surface area contributed by atoms with E-state index in [-0.39, 0.29) is 12.1 Å². The van der Waals surface area contributed by atoms with E-state index in [2.05, 4.69) is 36.5 Å². The van der Waals surface area contributed by atoms with Crippen LogP contribution >= 0.6 is 0 Å². The second kappa shape index (κ2) is 6.77. The summed E-state index contributed by atoms with van der Waals surface area (Å²) in [6.45, 7) is 3.11. The third kappa shape index (κ3) is 3.27. The average molecular weight is 281 g/mol. The van der Waals surface area contributed by atoms with Crippen LogP contribution in [0.15, 0.2) is 54.6 Å². The van der Waals surface area contributed by atoms with Crippen molar-refractivity contribution in [2.45, 2.75) is 38.3 Å². The minimum atomic E-state index is 0.191. The van der Waals surface area contributed by atoms with Gasteiger partial charge in [0.05, 0.1) is 6.04 Å². The molecule has 0 fully saturated rings. The zero-order chi connectivity index (χ0) is 14.5.